The summed E-state index contributed by atoms with van der Waals surface area (Å²) in [7, 11) is 0. The van der Waals surface area contributed by atoms with Gasteiger partial charge in [0.25, 0.3) is 0 Å². The highest BCUT2D eigenvalue weighted by atomic mass is 14.9. The molecule has 0 amide bonds. The van der Waals surface area contributed by atoms with Gasteiger partial charge in [0, 0.05) is 31.0 Å². The van der Waals surface area contributed by atoms with Crippen LogP contribution in [0.2, 0.25) is 0 Å². The third kappa shape index (κ3) is 3.50. The van der Waals surface area contributed by atoms with Gasteiger partial charge in [-0.15, -0.1) is 0 Å². The van der Waals surface area contributed by atoms with Crippen LogP contribution in [0.5, 0.6) is 0 Å². The predicted molar refractivity (Wildman–Crippen MR) is 53.1 cm³/mol. The first-order valence-electron chi connectivity index (χ1n) is 4.50. The van der Waals surface area contributed by atoms with Crippen molar-refractivity contribution in [1.29, 1.82) is 5.26 Å². The Balaban J connectivity index is 2.34. The van der Waals surface area contributed by atoms with Crippen LogP contribution in [0.25, 0.3) is 0 Å². The maximum absolute atomic E-state index is 8.78. The zero-order valence-corrected chi connectivity index (χ0v) is 8.49. The summed E-state index contributed by atoms with van der Waals surface area (Å²) in [6.45, 7) is 5.17. The lowest BCUT2D eigenvalue weighted by Crippen LogP contribution is -2.27. The van der Waals surface area contributed by atoms with Crippen molar-refractivity contribution in [3.8, 4) is 6.07 Å². The Morgan fingerprint density at radius 2 is 2.07 bits per heavy atom. The summed E-state index contributed by atoms with van der Waals surface area (Å²) in [5.41, 5.74) is 0.705. The molecule has 0 aliphatic carbocycles. The standard InChI is InChI=1S/C10H14N4/c1-10(2,6-11)7-12-3-9-4-13-8-14-5-9/h4-5,8,12H,3,7H2,1-2H3. The minimum atomic E-state index is -0.324. The topological polar surface area (TPSA) is 61.6 Å². The van der Waals surface area contributed by atoms with Gasteiger partial charge in [-0.2, -0.15) is 5.26 Å². The van der Waals surface area contributed by atoms with Crippen LogP contribution in [0, 0.1) is 16.7 Å². The molecule has 0 aliphatic rings. The van der Waals surface area contributed by atoms with Crippen molar-refractivity contribution in [2.75, 3.05) is 6.54 Å². The maximum atomic E-state index is 8.78. The van der Waals surface area contributed by atoms with Gasteiger partial charge in [-0.1, -0.05) is 0 Å². The Morgan fingerprint density at radius 1 is 1.43 bits per heavy atom. The number of nitrogens with one attached hydrogen (secondary N) is 1. The first kappa shape index (κ1) is 10.6. The molecule has 0 fully saturated rings. The molecule has 0 aromatic carbocycles. The predicted octanol–water partition coefficient (Wildman–Crippen LogP) is 1.12. The molecule has 0 saturated heterocycles. The van der Waals surface area contributed by atoms with Gasteiger partial charge in [-0.3, -0.25) is 0 Å². The van der Waals surface area contributed by atoms with E-state index < -0.39 is 0 Å². The summed E-state index contributed by atoms with van der Waals surface area (Å²) < 4.78 is 0. The van der Waals surface area contributed by atoms with E-state index >= 15 is 0 Å². The fourth-order valence-electron chi connectivity index (χ4n) is 0.980. The zero-order chi connectivity index (χ0) is 10.4. The monoisotopic (exact) mass is 190 g/mol. The molecule has 0 aliphatic heterocycles. The van der Waals surface area contributed by atoms with E-state index in [1.165, 1.54) is 6.33 Å². The molecule has 4 heteroatoms. The third-order valence-corrected chi connectivity index (χ3v) is 1.81. The number of aromatic nitrogens is 2. The summed E-state index contributed by atoms with van der Waals surface area (Å²) in [4.78, 5) is 7.81. The fourth-order valence-corrected chi connectivity index (χ4v) is 0.980. The van der Waals surface area contributed by atoms with Gasteiger partial charge in [0.2, 0.25) is 0 Å². The van der Waals surface area contributed by atoms with Crippen molar-refractivity contribution in [3.05, 3.63) is 24.3 Å². The van der Waals surface area contributed by atoms with Crippen LogP contribution in [0.1, 0.15) is 19.4 Å². The second-order valence-electron chi connectivity index (χ2n) is 3.85. The molecule has 1 N–H and O–H groups in total. The molecule has 0 spiro atoms. The van der Waals surface area contributed by atoms with E-state index in [1.807, 2.05) is 13.8 Å². The van der Waals surface area contributed by atoms with E-state index in [2.05, 4.69) is 21.4 Å². The van der Waals surface area contributed by atoms with Crippen LogP contribution in [0.4, 0.5) is 0 Å². The first-order chi connectivity index (χ1) is 6.64. The molecule has 0 atom stereocenters. The molecule has 0 bridgehead atoms. The smallest absolute Gasteiger partial charge is 0.115 e. The van der Waals surface area contributed by atoms with E-state index in [1.54, 1.807) is 12.4 Å². The normalized spacial score (nSPS) is 10.9. The summed E-state index contributed by atoms with van der Waals surface area (Å²) >= 11 is 0. The van der Waals surface area contributed by atoms with Gasteiger partial charge in [0.05, 0.1) is 11.5 Å². The highest BCUT2D eigenvalue weighted by molar-refractivity contribution is 5.02. The van der Waals surface area contributed by atoms with Crippen molar-refractivity contribution in [2.24, 2.45) is 5.41 Å². The zero-order valence-electron chi connectivity index (χ0n) is 8.49. The lowest BCUT2D eigenvalue weighted by Gasteiger charge is -2.15. The van der Waals surface area contributed by atoms with Gasteiger partial charge in [0.1, 0.15) is 6.33 Å². The maximum Gasteiger partial charge on any atom is 0.115 e. The molecule has 1 aromatic heterocycles. The fraction of sp³-hybridized carbons (Fsp3) is 0.500. The Labute approximate surface area is 84.0 Å². The molecule has 74 valence electrons. The lowest BCUT2D eigenvalue weighted by molar-refractivity contribution is 0.444. The largest absolute Gasteiger partial charge is 0.311 e. The average molecular weight is 190 g/mol. The van der Waals surface area contributed by atoms with Crippen molar-refractivity contribution < 1.29 is 0 Å². The molecule has 0 saturated carbocycles. The van der Waals surface area contributed by atoms with Gasteiger partial charge in [0.15, 0.2) is 0 Å². The second-order valence-corrected chi connectivity index (χ2v) is 3.85. The van der Waals surface area contributed by atoms with Crippen LogP contribution < -0.4 is 5.32 Å². The number of hydrogen-bond donors (Lipinski definition) is 1. The van der Waals surface area contributed by atoms with Crippen LogP contribution in [-0.2, 0) is 6.54 Å². The van der Waals surface area contributed by atoms with Crippen LogP contribution in [0.3, 0.4) is 0 Å². The minimum absolute atomic E-state index is 0.324. The highest BCUT2D eigenvalue weighted by Crippen LogP contribution is 2.10. The summed E-state index contributed by atoms with van der Waals surface area (Å²) in [5, 5.41) is 12.0. The van der Waals surface area contributed by atoms with Crippen LogP contribution in [-0.4, -0.2) is 16.5 Å². The molecule has 4 nitrogen and oxygen atoms in total. The number of hydrogen-bond acceptors (Lipinski definition) is 4. The number of nitrogens with zero attached hydrogens (tertiary/aromatic N) is 3. The lowest BCUT2D eigenvalue weighted by atomic mass is 9.96. The van der Waals surface area contributed by atoms with E-state index in [4.69, 9.17) is 5.26 Å². The van der Waals surface area contributed by atoms with Gasteiger partial charge in [-0.05, 0) is 13.8 Å². The van der Waals surface area contributed by atoms with E-state index in [-0.39, 0.29) is 5.41 Å². The van der Waals surface area contributed by atoms with Crippen molar-refractivity contribution >= 4 is 0 Å². The van der Waals surface area contributed by atoms with Gasteiger partial charge in [-0.25, -0.2) is 9.97 Å². The Kier molecular flexibility index (Phi) is 3.55. The van der Waals surface area contributed by atoms with Crippen LogP contribution >= 0.6 is 0 Å². The quantitative estimate of drug-likeness (QED) is 0.772. The van der Waals surface area contributed by atoms with Gasteiger partial charge < -0.3 is 5.32 Å². The first-order valence-corrected chi connectivity index (χ1v) is 4.50. The molecule has 1 heterocycles. The average Bonchev–Trinajstić information content (AvgIpc) is 2.19. The second kappa shape index (κ2) is 4.68. The molecule has 0 unspecified atom stereocenters. The van der Waals surface area contributed by atoms with Crippen molar-refractivity contribution in [2.45, 2.75) is 20.4 Å². The molecule has 1 rings (SSSR count). The molecule has 14 heavy (non-hydrogen) atoms. The van der Waals surface area contributed by atoms with E-state index in [0.717, 1.165) is 5.56 Å². The van der Waals surface area contributed by atoms with Gasteiger partial charge >= 0.3 is 0 Å². The van der Waals surface area contributed by atoms with Crippen molar-refractivity contribution in [3.63, 3.8) is 0 Å². The van der Waals surface area contributed by atoms with E-state index in [9.17, 15) is 0 Å². The summed E-state index contributed by atoms with van der Waals surface area (Å²) in [5.74, 6) is 0. The Hall–Kier alpha value is -1.47. The van der Waals surface area contributed by atoms with Crippen LogP contribution in [0.15, 0.2) is 18.7 Å². The SMILES string of the molecule is CC(C)(C#N)CNCc1cncnc1. The van der Waals surface area contributed by atoms with Crippen molar-refractivity contribution in [1.82, 2.24) is 15.3 Å². The Morgan fingerprint density at radius 3 is 2.64 bits per heavy atom. The Bertz CT molecular complexity index is 313. The summed E-state index contributed by atoms with van der Waals surface area (Å²) in [6, 6.07) is 2.23. The molecule has 0 radical (unpaired) electrons. The minimum Gasteiger partial charge on any atom is -0.311 e. The molecule has 1 aromatic rings. The molecular formula is C10H14N4. The highest BCUT2D eigenvalue weighted by Gasteiger charge is 2.15. The number of rotatable bonds is 4. The third-order valence-electron chi connectivity index (χ3n) is 1.81. The molecular weight excluding hydrogens is 176 g/mol. The number of nitriles is 1. The summed E-state index contributed by atoms with van der Waals surface area (Å²) in [6.07, 6.45) is 5.03. The van der Waals surface area contributed by atoms with E-state index in [0.29, 0.717) is 13.1 Å².